The lowest BCUT2D eigenvalue weighted by molar-refractivity contribution is 0.414. The van der Waals surface area contributed by atoms with E-state index in [4.69, 9.17) is 9.15 Å². The Hall–Kier alpha value is -2.24. The normalized spacial score (nSPS) is 12.3. The van der Waals surface area contributed by atoms with Crippen molar-refractivity contribution in [3.63, 3.8) is 0 Å². The van der Waals surface area contributed by atoms with Crippen LogP contribution in [0.1, 0.15) is 0 Å². The number of hydrogen-bond acceptors (Lipinski definition) is 4. The summed E-state index contributed by atoms with van der Waals surface area (Å²) < 4.78 is 22.8. The molecule has 0 saturated carbocycles. The highest BCUT2D eigenvalue weighted by Crippen LogP contribution is 2.24. The molecule has 1 atom stereocenters. The second kappa shape index (κ2) is 5.63. The fraction of sp³-hybridized carbons (Fsp3) is 0.0625. The molecule has 0 N–H and O–H groups in total. The molecule has 0 saturated heterocycles. The molecule has 5 heteroatoms. The standard InChI is InChI=1S/C16H12O4S/c1-19-12-8-7-11-9-15(16(17)20-14(11)10-12)21(18)13-5-3-2-4-6-13/h2-10H,1H3. The molecule has 0 spiro atoms. The highest BCUT2D eigenvalue weighted by molar-refractivity contribution is 7.91. The van der Waals surface area contributed by atoms with E-state index in [0.29, 0.717) is 21.6 Å². The molecule has 0 aliphatic carbocycles. The van der Waals surface area contributed by atoms with Gasteiger partial charge in [0.15, 0.2) is 4.90 Å². The molecule has 0 aliphatic heterocycles. The maximum Gasteiger partial charge on any atom is 0.392 e. The first-order chi connectivity index (χ1) is 10.2. The van der Waals surface area contributed by atoms with Gasteiger partial charge in [0.2, 0.25) is 4.90 Å². The van der Waals surface area contributed by atoms with E-state index in [0.717, 1.165) is 0 Å². The summed E-state index contributed by atoms with van der Waals surface area (Å²) in [7, 11) is 1.54. The summed E-state index contributed by atoms with van der Waals surface area (Å²) in [4.78, 5) is 12.8. The summed E-state index contributed by atoms with van der Waals surface area (Å²) in [5.74, 6) is 0.600. The van der Waals surface area contributed by atoms with Crippen molar-refractivity contribution in [2.24, 2.45) is 0 Å². The van der Waals surface area contributed by atoms with E-state index in [1.54, 1.807) is 48.5 Å². The number of fused-ring (bicyclic) bond motifs is 1. The van der Waals surface area contributed by atoms with Gasteiger partial charge in [-0.1, -0.05) is 18.2 Å². The molecule has 106 valence electrons. The van der Waals surface area contributed by atoms with Crippen molar-refractivity contribution in [1.82, 2.24) is 0 Å². The first kappa shape index (κ1) is 13.7. The van der Waals surface area contributed by atoms with Crippen molar-refractivity contribution in [1.29, 1.82) is 0 Å². The SMILES string of the molecule is COc1ccc2cc([S+]([O-])c3ccccc3)c(=O)oc2c1. The fourth-order valence-corrected chi connectivity index (χ4v) is 3.09. The summed E-state index contributed by atoms with van der Waals surface area (Å²) >= 11 is -1.56. The van der Waals surface area contributed by atoms with Crippen molar-refractivity contribution in [3.8, 4) is 5.75 Å². The molecular formula is C16H12O4S. The largest absolute Gasteiger partial charge is 0.606 e. The number of rotatable bonds is 3. The van der Waals surface area contributed by atoms with Crippen molar-refractivity contribution in [2.45, 2.75) is 9.79 Å². The third-order valence-corrected chi connectivity index (χ3v) is 4.45. The Bertz CT molecular complexity index is 827. The van der Waals surface area contributed by atoms with Gasteiger partial charge in [0.1, 0.15) is 11.3 Å². The third kappa shape index (κ3) is 2.66. The van der Waals surface area contributed by atoms with E-state index < -0.39 is 16.8 Å². The monoisotopic (exact) mass is 300 g/mol. The van der Waals surface area contributed by atoms with Crippen LogP contribution in [-0.2, 0) is 11.2 Å². The summed E-state index contributed by atoms with van der Waals surface area (Å²) in [5, 5.41) is 0.703. The molecule has 1 heterocycles. The zero-order valence-electron chi connectivity index (χ0n) is 11.2. The lowest BCUT2D eigenvalue weighted by Crippen LogP contribution is -2.14. The minimum atomic E-state index is -1.56. The molecule has 21 heavy (non-hydrogen) atoms. The van der Waals surface area contributed by atoms with Crippen LogP contribution in [0.5, 0.6) is 5.75 Å². The lowest BCUT2D eigenvalue weighted by Gasteiger charge is -2.09. The predicted molar refractivity (Wildman–Crippen MR) is 80.2 cm³/mol. The maximum absolute atomic E-state index is 12.5. The van der Waals surface area contributed by atoms with Gasteiger partial charge in [0.05, 0.1) is 7.11 Å². The molecule has 0 bridgehead atoms. The minimum absolute atomic E-state index is 0.138. The predicted octanol–water partition coefficient (Wildman–Crippen LogP) is 2.97. The number of ether oxygens (including phenoxy) is 1. The Morgan fingerprint density at radius 3 is 2.57 bits per heavy atom. The molecule has 0 radical (unpaired) electrons. The molecule has 1 aromatic heterocycles. The van der Waals surface area contributed by atoms with Gasteiger partial charge in [-0.15, -0.1) is 0 Å². The Morgan fingerprint density at radius 1 is 1.10 bits per heavy atom. The molecule has 0 aliphatic rings. The second-order valence-electron chi connectivity index (χ2n) is 4.38. The van der Waals surface area contributed by atoms with Gasteiger partial charge in [-0.3, -0.25) is 0 Å². The van der Waals surface area contributed by atoms with Gasteiger partial charge in [-0.2, -0.15) is 0 Å². The van der Waals surface area contributed by atoms with Gasteiger partial charge < -0.3 is 13.7 Å². The van der Waals surface area contributed by atoms with E-state index in [2.05, 4.69) is 0 Å². The molecule has 2 aromatic carbocycles. The van der Waals surface area contributed by atoms with Gasteiger partial charge >= 0.3 is 5.63 Å². The van der Waals surface area contributed by atoms with Crippen molar-refractivity contribution < 1.29 is 13.7 Å². The van der Waals surface area contributed by atoms with Gasteiger partial charge in [0.25, 0.3) is 0 Å². The smallest absolute Gasteiger partial charge is 0.392 e. The molecule has 0 fully saturated rings. The quantitative estimate of drug-likeness (QED) is 0.551. The molecule has 4 nitrogen and oxygen atoms in total. The lowest BCUT2D eigenvalue weighted by atomic mass is 10.2. The highest BCUT2D eigenvalue weighted by Gasteiger charge is 2.21. The zero-order chi connectivity index (χ0) is 14.8. The van der Waals surface area contributed by atoms with Crippen LogP contribution in [0, 0.1) is 0 Å². The van der Waals surface area contributed by atoms with Crippen LogP contribution >= 0.6 is 0 Å². The van der Waals surface area contributed by atoms with Crippen LogP contribution in [0.15, 0.2) is 73.6 Å². The van der Waals surface area contributed by atoms with E-state index in [9.17, 15) is 9.35 Å². The Labute approximate surface area is 124 Å². The summed E-state index contributed by atoms with van der Waals surface area (Å²) in [6.07, 6.45) is 0. The molecule has 0 amide bonds. The third-order valence-electron chi connectivity index (χ3n) is 3.07. The first-order valence-electron chi connectivity index (χ1n) is 6.28. The minimum Gasteiger partial charge on any atom is -0.606 e. The number of benzene rings is 2. The Kier molecular flexibility index (Phi) is 3.68. The maximum atomic E-state index is 12.5. The fourth-order valence-electron chi connectivity index (χ4n) is 2.00. The van der Waals surface area contributed by atoms with Crippen LogP contribution in [0.25, 0.3) is 11.0 Å². The van der Waals surface area contributed by atoms with Gasteiger partial charge in [-0.05, 0) is 24.3 Å². The van der Waals surface area contributed by atoms with Gasteiger partial charge in [-0.25, -0.2) is 4.79 Å². The summed E-state index contributed by atoms with van der Waals surface area (Å²) in [6, 6.07) is 15.6. The second-order valence-corrected chi connectivity index (χ2v) is 5.83. The topological polar surface area (TPSA) is 62.5 Å². The van der Waals surface area contributed by atoms with Crippen molar-refractivity contribution in [2.75, 3.05) is 7.11 Å². The highest BCUT2D eigenvalue weighted by atomic mass is 32.2. The average Bonchev–Trinajstić information content (AvgIpc) is 2.53. The average molecular weight is 300 g/mol. The van der Waals surface area contributed by atoms with Crippen LogP contribution in [0.4, 0.5) is 0 Å². The zero-order valence-corrected chi connectivity index (χ0v) is 12.1. The van der Waals surface area contributed by atoms with Gasteiger partial charge in [0, 0.05) is 28.7 Å². The molecule has 1 unspecified atom stereocenters. The van der Waals surface area contributed by atoms with Crippen LogP contribution in [-0.4, -0.2) is 11.7 Å². The van der Waals surface area contributed by atoms with E-state index in [-0.39, 0.29) is 4.90 Å². The van der Waals surface area contributed by atoms with E-state index in [1.165, 1.54) is 7.11 Å². The van der Waals surface area contributed by atoms with E-state index >= 15 is 0 Å². The first-order valence-corrected chi connectivity index (χ1v) is 7.43. The Morgan fingerprint density at radius 2 is 1.86 bits per heavy atom. The summed E-state index contributed by atoms with van der Waals surface area (Å²) in [6.45, 7) is 0. The number of methoxy groups -OCH3 is 1. The van der Waals surface area contributed by atoms with Crippen molar-refractivity contribution in [3.05, 3.63) is 65.0 Å². The summed E-state index contributed by atoms with van der Waals surface area (Å²) in [5.41, 5.74) is -0.189. The molecule has 3 rings (SSSR count). The van der Waals surface area contributed by atoms with E-state index in [1.807, 2.05) is 6.07 Å². The molecular weight excluding hydrogens is 288 g/mol. The van der Waals surface area contributed by atoms with Crippen LogP contribution in [0.2, 0.25) is 0 Å². The van der Waals surface area contributed by atoms with Crippen LogP contribution < -0.4 is 10.4 Å². The molecule has 3 aromatic rings. The van der Waals surface area contributed by atoms with Crippen LogP contribution in [0.3, 0.4) is 0 Å². The number of hydrogen-bond donors (Lipinski definition) is 0. The Balaban J connectivity index is 2.11. The van der Waals surface area contributed by atoms with Crippen molar-refractivity contribution >= 4 is 22.1 Å².